The summed E-state index contributed by atoms with van der Waals surface area (Å²) < 4.78 is 1.08. The third-order valence-electron chi connectivity index (χ3n) is 3.77. The number of nitrogens with one attached hydrogen (secondary N) is 1. The predicted molar refractivity (Wildman–Crippen MR) is 92.1 cm³/mol. The van der Waals surface area contributed by atoms with Gasteiger partial charge in [0, 0.05) is 24.7 Å². The van der Waals surface area contributed by atoms with Crippen LogP contribution in [0.3, 0.4) is 0 Å². The van der Waals surface area contributed by atoms with E-state index in [9.17, 15) is 4.79 Å². The Hall–Kier alpha value is -0.880. The smallest absolute Gasteiger partial charge is 0.253 e. The maximum absolute atomic E-state index is 12.5. The van der Waals surface area contributed by atoms with E-state index in [0.717, 1.165) is 41.7 Å². The van der Waals surface area contributed by atoms with Crippen molar-refractivity contribution in [3.05, 3.63) is 29.3 Å². The van der Waals surface area contributed by atoms with Gasteiger partial charge in [0.25, 0.3) is 5.91 Å². The van der Waals surface area contributed by atoms with Gasteiger partial charge in [0.2, 0.25) is 0 Å². The van der Waals surface area contributed by atoms with Crippen molar-refractivity contribution in [2.75, 3.05) is 20.1 Å². The molecule has 7 heteroatoms. The summed E-state index contributed by atoms with van der Waals surface area (Å²) in [7, 11) is 1.99. The van der Waals surface area contributed by atoms with Crippen molar-refractivity contribution >= 4 is 52.3 Å². The minimum Gasteiger partial charge on any atom is -0.339 e. The van der Waals surface area contributed by atoms with E-state index in [4.69, 9.17) is 0 Å². The van der Waals surface area contributed by atoms with E-state index < -0.39 is 0 Å². The van der Waals surface area contributed by atoms with Gasteiger partial charge < -0.3 is 10.2 Å². The van der Waals surface area contributed by atoms with Crippen LogP contribution in [0.1, 0.15) is 23.2 Å². The van der Waals surface area contributed by atoms with E-state index in [1.54, 1.807) is 11.3 Å². The highest BCUT2D eigenvalue weighted by Crippen LogP contribution is 2.21. The number of nitrogens with zero attached hydrogens (tertiary/aromatic N) is 2. The number of amides is 1. The zero-order valence-electron chi connectivity index (χ0n) is 11.7. The molecule has 0 bridgehead atoms. The maximum Gasteiger partial charge on any atom is 0.253 e. The van der Waals surface area contributed by atoms with Crippen LogP contribution in [0, 0.1) is 0 Å². The van der Waals surface area contributed by atoms with E-state index in [1.165, 1.54) is 0 Å². The topological polar surface area (TPSA) is 45.2 Å². The Labute approximate surface area is 140 Å². The first-order valence-corrected chi connectivity index (χ1v) is 7.45. The molecule has 0 spiro atoms. The van der Waals surface area contributed by atoms with E-state index >= 15 is 0 Å². The van der Waals surface area contributed by atoms with Gasteiger partial charge in [-0.2, -0.15) is 0 Å². The number of hydrogen-bond donors (Lipinski definition) is 1. The highest BCUT2D eigenvalue weighted by molar-refractivity contribution is 7.16. The van der Waals surface area contributed by atoms with Crippen molar-refractivity contribution in [1.29, 1.82) is 0 Å². The Balaban J connectivity index is 0.00000110. The van der Waals surface area contributed by atoms with Crippen molar-refractivity contribution in [3.63, 3.8) is 0 Å². The summed E-state index contributed by atoms with van der Waals surface area (Å²) in [5, 5.41) is 3.28. The minimum absolute atomic E-state index is 0. The molecule has 1 fully saturated rings. The second-order valence-corrected chi connectivity index (χ2v) is 5.78. The molecule has 116 valence electrons. The highest BCUT2D eigenvalue weighted by atomic mass is 35.5. The first kappa shape index (κ1) is 18.2. The second kappa shape index (κ2) is 7.94. The summed E-state index contributed by atoms with van der Waals surface area (Å²) >= 11 is 1.58. The van der Waals surface area contributed by atoms with E-state index in [-0.39, 0.29) is 30.7 Å². The summed E-state index contributed by atoms with van der Waals surface area (Å²) in [6.07, 6.45) is 2.07. The average Bonchev–Trinajstić information content (AvgIpc) is 2.94. The van der Waals surface area contributed by atoms with Crippen LogP contribution in [-0.4, -0.2) is 42.0 Å². The summed E-state index contributed by atoms with van der Waals surface area (Å²) in [4.78, 5) is 18.6. The number of halogens is 2. The van der Waals surface area contributed by atoms with Crippen LogP contribution in [-0.2, 0) is 0 Å². The van der Waals surface area contributed by atoms with E-state index in [0.29, 0.717) is 6.04 Å². The van der Waals surface area contributed by atoms with Crippen LogP contribution < -0.4 is 5.32 Å². The standard InChI is InChI=1S/C14H17N3OS.2ClH/c1-15-11-4-6-17(7-5-11)14(18)10-2-3-12-13(8-10)19-9-16-12;;/h2-3,8-9,11,15H,4-7H2,1H3;2*1H. The Kier molecular flexibility index (Phi) is 6.87. The van der Waals surface area contributed by atoms with Gasteiger partial charge in [0.15, 0.2) is 0 Å². The van der Waals surface area contributed by atoms with Crippen LogP contribution in [0.25, 0.3) is 10.2 Å². The van der Waals surface area contributed by atoms with Gasteiger partial charge in [-0.25, -0.2) is 4.98 Å². The number of carbonyl (C=O) groups excluding carboxylic acids is 1. The monoisotopic (exact) mass is 347 g/mol. The van der Waals surface area contributed by atoms with Crippen LogP contribution in [0.15, 0.2) is 23.7 Å². The molecule has 1 N–H and O–H groups in total. The Morgan fingerprint density at radius 1 is 1.33 bits per heavy atom. The molecule has 0 saturated carbocycles. The number of rotatable bonds is 2. The molecule has 1 saturated heterocycles. The van der Waals surface area contributed by atoms with Gasteiger partial charge >= 0.3 is 0 Å². The zero-order chi connectivity index (χ0) is 13.2. The quantitative estimate of drug-likeness (QED) is 0.908. The fourth-order valence-corrected chi connectivity index (χ4v) is 3.26. The molecule has 0 aliphatic carbocycles. The molecule has 1 aromatic carbocycles. The molecule has 4 nitrogen and oxygen atoms in total. The lowest BCUT2D eigenvalue weighted by Gasteiger charge is -2.31. The highest BCUT2D eigenvalue weighted by Gasteiger charge is 2.22. The number of fused-ring (bicyclic) bond motifs is 1. The summed E-state index contributed by atoms with van der Waals surface area (Å²) in [5.41, 5.74) is 3.56. The van der Waals surface area contributed by atoms with Gasteiger partial charge in [0.1, 0.15) is 0 Å². The first-order valence-electron chi connectivity index (χ1n) is 6.58. The molecule has 0 atom stereocenters. The third-order valence-corrected chi connectivity index (χ3v) is 4.56. The van der Waals surface area contributed by atoms with E-state index in [1.807, 2.05) is 35.7 Å². The first-order chi connectivity index (χ1) is 9.28. The molecule has 3 rings (SSSR count). The van der Waals surface area contributed by atoms with Gasteiger partial charge in [-0.1, -0.05) is 0 Å². The van der Waals surface area contributed by atoms with E-state index in [2.05, 4.69) is 10.3 Å². The normalized spacial score (nSPS) is 15.4. The van der Waals surface area contributed by atoms with Gasteiger partial charge in [-0.05, 0) is 38.1 Å². The molecule has 1 aliphatic heterocycles. The van der Waals surface area contributed by atoms with Gasteiger partial charge in [-0.15, -0.1) is 36.2 Å². The van der Waals surface area contributed by atoms with Crippen molar-refractivity contribution in [1.82, 2.24) is 15.2 Å². The fourth-order valence-electron chi connectivity index (χ4n) is 2.54. The van der Waals surface area contributed by atoms with Crippen LogP contribution >= 0.6 is 36.2 Å². The average molecular weight is 348 g/mol. The lowest BCUT2D eigenvalue weighted by molar-refractivity contribution is 0.0707. The zero-order valence-corrected chi connectivity index (χ0v) is 14.2. The number of hydrogen-bond acceptors (Lipinski definition) is 4. The number of thiazole rings is 1. The van der Waals surface area contributed by atoms with Gasteiger partial charge in [-0.3, -0.25) is 4.79 Å². The molecule has 0 radical (unpaired) electrons. The summed E-state index contributed by atoms with van der Waals surface area (Å²) in [6.45, 7) is 1.68. The SMILES string of the molecule is CNC1CCN(C(=O)c2ccc3ncsc3c2)CC1.Cl.Cl. The molecule has 2 aromatic rings. The van der Waals surface area contributed by atoms with Crippen molar-refractivity contribution in [2.24, 2.45) is 0 Å². The summed E-state index contributed by atoms with van der Waals surface area (Å²) in [5.74, 6) is 0.143. The molecule has 1 aliphatic rings. The number of aromatic nitrogens is 1. The molecule has 2 heterocycles. The molecule has 0 unspecified atom stereocenters. The molecular weight excluding hydrogens is 329 g/mol. The number of carbonyl (C=O) groups is 1. The predicted octanol–water partition coefficient (Wildman–Crippen LogP) is 2.96. The van der Waals surface area contributed by atoms with Crippen molar-refractivity contribution in [3.8, 4) is 0 Å². The van der Waals surface area contributed by atoms with Gasteiger partial charge in [0.05, 0.1) is 15.7 Å². The molecule has 1 aromatic heterocycles. The largest absolute Gasteiger partial charge is 0.339 e. The van der Waals surface area contributed by atoms with Crippen molar-refractivity contribution < 1.29 is 4.79 Å². The van der Waals surface area contributed by atoms with Crippen LogP contribution in [0.5, 0.6) is 0 Å². The van der Waals surface area contributed by atoms with Crippen LogP contribution in [0.4, 0.5) is 0 Å². The number of benzene rings is 1. The van der Waals surface area contributed by atoms with Crippen molar-refractivity contribution in [2.45, 2.75) is 18.9 Å². The molecule has 1 amide bonds. The fraction of sp³-hybridized carbons (Fsp3) is 0.429. The second-order valence-electron chi connectivity index (χ2n) is 4.89. The Morgan fingerprint density at radius 3 is 2.71 bits per heavy atom. The third kappa shape index (κ3) is 3.86. The lowest BCUT2D eigenvalue weighted by atomic mass is 10.0. The molecular formula is C14H19Cl2N3OS. The lowest BCUT2D eigenvalue weighted by Crippen LogP contribution is -2.43. The molecule has 21 heavy (non-hydrogen) atoms. The minimum atomic E-state index is 0. The maximum atomic E-state index is 12.5. The number of likely N-dealkylation sites (tertiary alicyclic amines) is 1. The van der Waals surface area contributed by atoms with Crippen LogP contribution in [0.2, 0.25) is 0 Å². The number of piperidine rings is 1. The summed E-state index contributed by atoms with van der Waals surface area (Å²) in [6, 6.07) is 6.32. The Bertz CT molecular complexity index is 597. The Morgan fingerprint density at radius 2 is 2.05 bits per heavy atom.